The Hall–Kier alpha value is -3.49. The third-order valence-electron chi connectivity index (χ3n) is 4.35. The van der Waals surface area contributed by atoms with E-state index in [-0.39, 0.29) is 15.9 Å². The van der Waals surface area contributed by atoms with Crippen LogP contribution >= 0.6 is 12.2 Å². The first-order valence-corrected chi connectivity index (χ1v) is 11.2. The molecule has 158 valence electrons. The molecule has 0 bridgehead atoms. The van der Waals surface area contributed by atoms with Crippen molar-refractivity contribution in [3.63, 3.8) is 0 Å². The van der Waals surface area contributed by atoms with Crippen molar-refractivity contribution in [1.29, 1.82) is 0 Å². The van der Waals surface area contributed by atoms with Crippen LogP contribution in [0.1, 0.15) is 5.56 Å². The van der Waals surface area contributed by atoms with Crippen LogP contribution in [0, 0.1) is 0 Å². The summed E-state index contributed by atoms with van der Waals surface area (Å²) in [5.41, 5.74) is 2.02. The Morgan fingerprint density at radius 3 is 2.10 bits per heavy atom. The van der Waals surface area contributed by atoms with E-state index in [4.69, 9.17) is 12.2 Å². The quantitative estimate of drug-likeness (QED) is 0.437. The fourth-order valence-corrected chi connectivity index (χ4v) is 4.11. The fraction of sp³-hybridized carbons (Fsp3) is 0.0435. The summed E-state index contributed by atoms with van der Waals surface area (Å²) < 4.78 is 26.9. The summed E-state index contributed by atoms with van der Waals surface area (Å²) in [6.45, 7) is 0. The second kappa shape index (κ2) is 10.0. The average Bonchev–Trinajstić information content (AvgIpc) is 2.78. The number of nitrogens with one attached hydrogen (secondary N) is 2. The largest absolute Gasteiger partial charge is 0.332 e. The first-order chi connectivity index (χ1) is 14.9. The average molecular weight is 452 g/mol. The number of benzene rings is 3. The molecule has 0 aromatic heterocycles. The van der Waals surface area contributed by atoms with E-state index in [1.54, 1.807) is 42.5 Å². The smallest absolute Gasteiger partial charge is 0.264 e. The number of sulfonamides is 1. The number of carbonyl (C=O) groups excluding carboxylic acids is 1. The van der Waals surface area contributed by atoms with Crippen LogP contribution < -0.4 is 14.9 Å². The summed E-state index contributed by atoms with van der Waals surface area (Å²) in [6, 6.07) is 24.4. The molecule has 6 nitrogen and oxygen atoms in total. The maximum absolute atomic E-state index is 12.8. The number of anilines is 2. The predicted molar refractivity (Wildman–Crippen MR) is 128 cm³/mol. The highest BCUT2D eigenvalue weighted by Gasteiger charge is 2.21. The van der Waals surface area contributed by atoms with Crippen molar-refractivity contribution in [3.8, 4) is 0 Å². The van der Waals surface area contributed by atoms with Crippen LogP contribution in [-0.4, -0.2) is 26.5 Å². The zero-order valence-corrected chi connectivity index (χ0v) is 18.4. The normalized spacial score (nSPS) is 11.1. The minimum absolute atomic E-state index is 0.111. The van der Waals surface area contributed by atoms with Gasteiger partial charge in [-0.15, -0.1) is 0 Å². The number of rotatable bonds is 6. The highest BCUT2D eigenvalue weighted by molar-refractivity contribution is 7.92. The molecule has 0 heterocycles. The zero-order chi connectivity index (χ0) is 22.3. The first kappa shape index (κ1) is 22.2. The lowest BCUT2D eigenvalue weighted by atomic mass is 10.2. The molecule has 0 fully saturated rings. The van der Waals surface area contributed by atoms with Gasteiger partial charge >= 0.3 is 0 Å². The molecule has 1 amide bonds. The van der Waals surface area contributed by atoms with Crippen molar-refractivity contribution in [1.82, 2.24) is 5.32 Å². The number of para-hydroxylation sites is 1. The molecule has 3 rings (SSSR count). The number of nitrogens with zero attached hydrogens (tertiary/aromatic N) is 1. The molecule has 3 aromatic rings. The van der Waals surface area contributed by atoms with Crippen LogP contribution in [0.4, 0.5) is 11.4 Å². The highest BCUT2D eigenvalue weighted by atomic mass is 32.2. The van der Waals surface area contributed by atoms with Gasteiger partial charge in [0.25, 0.3) is 10.0 Å². The van der Waals surface area contributed by atoms with Gasteiger partial charge in [0.2, 0.25) is 5.91 Å². The van der Waals surface area contributed by atoms with Crippen molar-refractivity contribution in [2.45, 2.75) is 4.90 Å². The molecule has 31 heavy (non-hydrogen) atoms. The van der Waals surface area contributed by atoms with Crippen LogP contribution in [-0.2, 0) is 14.8 Å². The van der Waals surface area contributed by atoms with E-state index < -0.39 is 10.0 Å². The molecule has 8 heteroatoms. The Balaban J connectivity index is 1.60. The van der Waals surface area contributed by atoms with Crippen molar-refractivity contribution in [2.24, 2.45) is 0 Å². The molecule has 0 radical (unpaired) electrons. The molecule has 2 N–H and O–H groups in total. The second-order valence-electron chi connectivity index (χ2n) is 6.52. The van der Waals surface area contributed by atoms with Gasteiger partial charge in [0.15, 0.2) is 5.11 Å². The minimum atomic E-state index is -3.70. The summed E-state index contributed by atoms with van der Waals surface area (Å²) in [5.74, 6) is -0.370. The summed E-state index contributed by atoms with van der Waals surface area (Å²) in [7, 11) is -2.19. The van der Waals surface area contributed by atoms with Gasteiger partial charge in [-0.2, -0.15) is 0 Å². The number of hydrogen-bond acceptors (Lipinski definition) is 4. The predicted octanol–water partition coefficient (Wildman–Crippen LogP) is 4.04. The molecular weight excluding hydrogens is 430 g/mol. The van der Waals surface area contributed by atoms with Crippen molar-refractivity contribution in [2.75, 3.05) is 16.7 Å². The molecule has 0 saturated carbocycles. The minimum Gasteiger partial charge on any atom is -0.332 e. The van der Waals surface area contributed by atoms with Crippen LogP contribution in [0.25, 0.3) is 6.08 Å². The lowest BCUT2D eigenvalue weighted by molar-refractivity contribution is -0.115. The van der Waals surface area contributed by atoms with E-state index in [1.807, 2.05) is 36.4 Å². The monoisotopic (exact) mass is 451 g/mol. The van der Waals surface area contributed by atoms with Crippen molar-refractivity contribution < 1.29 is 13.2 Å². The van der Waals surface area contributed by atoms with Gasteiger partial charge in [-0.25, -0.2) is 8.42 Å². The van der Waals surface area contributed by atoms with Crippen LogP contribution in [0.15, 0.2) is 95.9 Å². The molecule has 0 aliphatic carbocycles. The number of carbonyl (C=O) groups is 1. The van der Waals surface area contributed by atoms with Crippen molar-refractivity contribution in [3.05, 3.63) is 96.6 Å². The van der Waals surface area contributed by atoms with Gasteiger partial charge in [0.1, 0.15) is 0 Å². The van der Waals surface area contributed by atoms with Gasteiger partial charge in [-0.3, -0.25) is 14.4 Å². The third-order valence-corrected chi connectivity index (χ3v) is 6.36. The number of hydrogen-bond donors (Lipinski definition) is 2. The fourth-order valence-electron chi connectivity index (χ4n) is 2.70. The molecule has 0 unspecified atom stereocenters. The molecule has 0 spiro atoms. The zero-order valence-electron chi connectivity index (χ0n) is 16.7. The summed E-state index contributed by atoms with van der Waals surface area (Å²) >= 11 is 5.15. The van der Waals surface area contributed by atoms with E-state index in [0.717, 1.165) is 5.56 Å². The van der Waals surface area contributed by atoms with E-state index in [0.29, 0.717) is 11.4 Å². The second-order valence-corrected chi connectivity index (χ2v) is 8.90. The Labute approximate surface area is 187 Å². The molecule has 3 aromatic carbocycles. The van der Waals surface area contributed by atoms with Gasteiger partial charge < -0.3 is 5.32 Å². The molecule has 0 atom stereocenters. The lowest BCUT2D eigenvalue weighted by Crippen LogP contribution is -2.32. The van der Waals surface area contributed by atoms with Crippen LogP contribution in [0.5, 0.6) is 0 Å². The van der Waals surface area contributed by atoms with Crippen LogP contribution in [0.2, 0.25) is 0 Å². The molecule has 0 saturated heterocycles. The third kappa shape index (κ3) is 6.00. The van der Waals surface area contributed by atoms with Gasteiger partial charge in [0, 0.05) is 18.8 Å². The van der Waals surface area contributed by atoms with E-state index in [1.165, 1.54) is 29.6 Å². The summed E-state index contributed by atoms with van der Waals surface area (Å²) in [6.07, 6.45) is 3.07. The first-order valence-electron chi connectivity index (χ1n) is 9.35. The number of amides is 1. The lowest BCUT2D eigenvalue weighted by Gasteiger charge is -2.19. The van der Waals surface area contributed by atoms with E-state index in [2.05, 4.69) is 10.6 Å². The SMILES string of the molecule is CN(c1ccccc1)S(=O)(=O)c1ccc(NC(=S)NC(=O)C=Cc2ccccc2)cc1. The Bertz CT molecular complexity index is 1180. The van der Waals surface area contributed by atoms with E-state index >= 15 is 0 Å². The van der Waals surface area contributed by atoms with Crippen molar-refractivity contribution >= 4 is 50.7 Å². The van der Waals surface area contributed by atoms with Gasteiger partial charge in [-0.05, 0) is 60.3 Å². The number of thiocarbonyl (C=S) groups is 1. The topological polar surface area (TPSA) is 78.5 Å². The Kier molecular flexibility index (Phi) is 7.17. The molecule has 0 aliphatic heterocycles. The summed E-state index contributed by atoms with van der Waals surface area (Å²) in [5, 5.41) is 5.53. The standard InChI is InChI=1S/C23H21N3O3S2/c1-26(20-10-6-3-7-11-20)31(28,29)21-15-13-19(14-16-21)24-23(30)25-22(27)17-12-18-8-4-2-5-9-18/h2-17H,1H3,(H2,24,25,27,30). The van der Waals surface area contributed by atoms with E-state index in [9.17, 15) is 13.2 Å². The molecular formula is C23H21N3O3S2. The highest BCUT2D eigenvalue weighted by Crippen LogP contribution is 2.22. The molecule has 0 aliphatic rings. The maximum Gasteiger partial charge on any atom is 0.264 e. The van der Waals surface area contributed by atoms with Gasteiger partial charge in [0.05, 0.1) is 10.6 Å². The maximum atomic E-state index is 12.8. The Morgan fingerprint density at radius 1 is 0.903 bits per heavy atom. The van der Waals surface area contributed by atoms with Gasteiger partial charge in [-0.1, -0.05) is 48.5 Å². The summed E-state index contributed by atoms with van der Waals surface area (Å²) in [4.78, 5) is 12.1. The van der Waals surface area contributed by atoms with Crippen LogP contribution in [0.3, 0.4) is 0 Å². The Morgan fingerprint density at radius 2 is 1.48 bits per heavy atom.